The van der Waals surface area contributed by atoms with Crippen LogP contribution in [0.4, 0.5) is 11.4 Å². The van der Waals surface area contributed by atoms with Gasteiger partial charge in [0.05, 0.1) is 22.8 Å². The minimum absolute atomic E-state index is 0.914. The zero-order valence-electron chi connectivity index (χ0n) is 23.1. The van der Waals surface area contributed by atoms with Gasteiger partial charge >= 0.3 is 0 Å². The molecule has 0 aromatic heterocycles. The summed E-state index contributed by atoms with van der Waals surface area (Å²) in [5, 5.41) is 0. The van der Waals surface area contributed by atoms with E-state index in [9.17, 15) is 0 Å². The minimum atomic E-state index is 0.914. The summed E-state index contributed by atoms with van der Waals surface area (Å²) < 4.78 is 0. The Kier molecular flexibility index (Phi) is 7.07. The van der Waals surface area contributed by atoms with Crippen LogP contribution in [-0.4, -0.2) is 11.4 Å². The van der Waals surface area contributed by atoms with Crippen LogP contribution in [0.25, 0.3) is 22.3 Å². The molecule has 0 bridgehead atoms. The van der Waals surface area contributed by atoms with Gasteiger partial charge in [-0.3, -0.25) is 0 Å². The molecule has 4 aromatic rings. The lowest BCUT2D eigenvalue weighted by Crippen LogP contribution is -2.00. The van der Waals surface area contributed by atoms with Gasteiger partial charge in [0, 0.05) is 11.1 Å². The fourth-order valence-electron chi connectivity index (χ4n) is 5.65. The second kappa shape index (κ2) is 10.6. The van der Waals surface area contributed by atoms with Crippen LogP contribution in [0.5, 0.6) is 0 Å². The first kappa shape index (κ1) is 25.4. The smallest absolute Gasteiger partial charge is 0.0715 e. The van der Waals surface area contributed by atoms with Crippen LogP contribution in [0.1, 0.15) is 33.4 Å². The fraction of sp³-hybridized carbons (Fsp3) is 0.167. The molecule has 38 heavy (non-hydrogen) atoms. The molecule has 2 nitrogen and oxygen atoms in total. The Morgan fingerprint density at radius 3 is 1.08 bits per heavy atom. The minimum Gasteiger partial charge on any atom is -0.248 e. The topological polar surface area (TPSA) is 24.7 Å². The average Bonchev–Trinajstić information content (AvgIpc) is 2.86. The molecule has 188 valence electrons. The molecule has 1 aliphatic carbocycles. The quantitative estimate of drug-likeness (QED) is 0.252. The molecule has 5 rings (SSSR count). The molecule has 0 saturated heterocycles. The van der Waals surface area contributed by atoms with E-state index in [-0.39, 0.29) is 0 Å². The summed E-state index contributed by atoms with van der Waals surface area (Å²) in [6.45, 7) is 13.0. The lowest BCUT2D eigenvalue weighted by molar-refractivity contribution is 1.31. The van der Waals surface area contributed by atoms with Crippen molar-refractivity contribution in [2.45, 2.75) is 41.5 Å². The van der Waals surface area contributed by atoms with E-state index in [1.54, 1.807) is 0 Å². The normalized spacial score (nSPS) is 12.7. The molecule has 1 aliphatic rings. The third-order valence-electron chi connectivity index (χ3n) is 7.05. The van der Waals surface area contributed by atoms with E-state index in [2.05, 4.69) is 139 Å². The predicted octanol–water partition coefficient (Wildman–Crippen LogP) is 9.84. The molecule has 0 spiro atoms. The van der Waals surface area contributed by atoms with Crippen molar-refractivity contribution in [3.05, 3.63) is 130 Å². The first-order valence-corrected chi connectivity index (χ1v) is 13.2. The van der Waals surface area contributed by atoms with Gasteiger partial charge in [-0.1, -0.05) is 71.8 Å². The van der Waals surface area contributed by atoms with Gasteiger partial charge in [-0.05, 0) is 111 Å². The van der Waals surface area contributed by atoms with Gasteiger partial charge in [-0.15, -0.1) is 0 Å². The van der Waals surface area contributed by atoms with Gasteiger partial charge in [0.15, 0.2) is 0 Å². The summed E-state index contributed by atoms with van der Waals surface area (Å²) >= 11 is 0. The monoisotopic (exact) mass is 494 g/mol. The van der Waals surface area contributed by atoms with Crippen molar-refractivity contribution in [1.82, 2.24) is 0 Å². The van der Waals surface area contributed by atoms with Gasteiger partial charge in [-0.2, -0.15) is 0 Å². The van der Waals surface area contributed by atoms with Crippen molar-refractivity contribution in [2.24, 2.45) is 9.98 Å². The zero-order chi connectivity index (χ0) is 26.8. The van der Waals surface area contributed by atoms with Gasteiger partial charge < -0.3 is 0 Å². The molecule has 0 saturated carbocycles. The molecule has 0 amide bonds. The van der Waals surface area contributed by atoms with Gasteiger partial charge in [-0.25, -0.2) is 9.98 Å². The van der Waals surface area contributed by atoms with E-state index in [0.717, 1.165) is 33.9 Å². The maximum absolute atomic E-state index is 5.03. The fourth-order valence-corrected chi connectivity index (χ4v) is 5.65. The molecule has 0 unspecified atom stereocenters. The van der Waals surface area contributed by atoms with Crippen molar-refractivity contribution in [1.29, 1.82) is 0 Å². The third-order valence-corrected chi connectivity index (χ3v) is 7.05. The molecule has 0 N–H and O–H groups in total. The maximum atomic E-state index is 5.03. The van der Waals surface area contributed by atoms with Crippen LogP contribution in [0.2, 0.25) is 0 Å². The third kappa shape index (κ3) is 5.21. The van der Waals surface area contributed by atoms with Crippen LogP contribution in [-0.2, 0) is 0 Å². The summed E-state index contributed by atoms with van der Waals surface area (Å²) in [5.41, 5.74) is 16.3. The number of rotatable bonds is 4. The summed E-state index contributed by atoms with van der Waals surface area (Å²) in [6.07, 6.45) is 8.20. The van der Waals surface area contributed by atoms with E-state index < -0.39 is 0 Å². The Morgan fingerprint density at radius 1 is 0.421 bits per heavy atom. The van der Waals surface area contributed by atoms with E-state index in [0.29, 0.717) is 0 Å². The first-order valence-electron chi connectivity index (χ1n) is 13.2. The summed E-state index contributed by atoms with van der Waals surface area (Å²) in [5.74, 6) is 0. The molecule has 0 fully saturated rings. The number of hydrogen-bond donors (Lipinski definition) is 0. The number of para-hydroxylation sites is 2. The van der Waals surface area contributed by atoms with E-state index in [1.807, 2.05) is 0 Å². The Morgan fingerprint density at radius 2 is 0.737 bits per heavy atom. The maximum Gasteiger partial charge on any atom is 0.0715 e. The molecule has 0 aliphatic heterocycles. The first-order chi connectivity index (χ1) is 18.3. The van der Waals surface area contributed by atoms with Crippen LogP contribution >= 0.6 is 0 Å². The lowest BCUT2D eigenvalue weighted by atomic mass is 9.93. The van der Waals surface area contributed by atoms with E-state index in [1.165, 1.54) is 44.5 Å². The van der Waals surface area contributed by atoms with Crippen LogP contribution in [0.15, 0.2) is 107 Å². The number of aliphatic imine (C=N–C) groups is 2. The highest BCUT2D eigenvalue weighted by atomic mass is 14.8. The molecule has 0 atom stereocenters. The largest absolute Gasteiger partial charge is 0.248 e. The molecular formula is C36H34N2. The number of hydrogen-bond acceptors (Lipinski definition) is 2. The van der Waals surface area contributed by atoms with Crippen molar-refractivity contribution in [3.63, 3.8) is 0 Å². The van der Waals surface area contributed by atoms with Crippen molar-refractivity contribution < 1.29 is 0 Å². The van der Waals surface area contributed by atoms with Gasteiger partial charge in [0.2, 0.25) is 0 Å². The predicted molar refractivity (Wildman–Crippen MR) is 165 cm³/mol. The number of aryl methyl sites for hydroxylation is 6. The van der Waals surface area contributed by atoms with Crippen molar-refractivity contribution in [3.8, 4) is 22.3 Å². The lowest BCUT2D eigenvalue weighted by Gasteiger charge is -2.15. The summed E-state index contributed by atoms with van der Waals surface area (Å²) in [6, 6.07) is 25.8. The second-order valence-corrected chi connectivity index (χ2v) is 10.3. The highest BCUT2D eigenvalue weighted by Gasteiger charge is 2.13. The number of nitrogens with zero attached hydrogens (tertiary/aromatic N) is 2. The highest BCUT2D eigenvalue weighted by molar-refractivity contribution is 6.19. The van der Waals surface area contributed by atoms with Crippen LogP contribution < -0.4 is 0 Å². The molecule has 4 aromatic carbocycles. The Balaban J connectivity index is 1.47. The SMILES string of the molecule is Cc1cc(C)c(-c2ccccc2N=C2C=CC(=Nc3ccccc3-c3c(C)cc(C)cc3C)C=C2)c(C)c1. The van der Waals surface area contributed by atoms with Crippen LogP contribution in [0, 0.1) is 41.5 Å². The number of benzene rings is 4. The van der Waals surface area contributed by atoms with Crippen molar-refractivity contribution in [2.75, 3.05) is 0 Å². The van der Waals surface area contributed by atoms with Gasteiger partial charge in [0.1, 0.15) is 0 Å². The zero-order valence-corrected chi connectivity index (χ0v) is 23.1. The van der Waals surface area contributed by atoms with E-state index in [4.69, 9.17) is 9.98 Å². The average molecular weight is 495 g/mol. The summed E-state index contributed by atoms with van der Waals surface area (Å²) in [4.78, 5) is 10.1. The van der Waals surface area contributed by atoms with Gasteiger partial charge in [0.25, 0.3) is 0 Å². The van der Waals surface area contributed by atoms with Crippen molar-refractivity contribution >= 4 is 22.8 Å². The molecule has 0 heterocycles. The Labute approximate surface area is 226 Å². The van der Waals surface area contributed by atoms with E-state index >= 15 is 0 Å². The molecule has 2 heteroatoms. The second-order valence-electron chi connectivity index (χ2n) is 10.3. The Bertz CT molecular complexity index is 1470. The van der Waals surface area contributed by atoms with Crippen LogP contribution in [0.3, 0.4) is 0 Å². The molecular weight excluding hydrogens is 460 g/mol. The highest BCUT2D eigenvalue weighted by Crippen LogP contribution is 2.37. The number of allylic oxidation sites excluding steroid dienone is 4. The standard InChI is InChI=1S/C36H34N2/c1-23-19-25(3)35(26(4)20-23)31-11-7-9-13-33(31)37-29-15-17-30(18-16-29)38-34-14-10-8-12-32(34)36-27(5)21-24(2)22-28(36)6/h7-22H,1-6H3. The Hall–Kier alpha value is -4.30. The molecule has 0 radical (unpaired) electrons. The summed E-state index contributed by atoms with van der Waals surface area (Å²) in [7, 11) is 0.